The maximum Gasteiger partial charge on any atom is 0.268 e. The Morgan fingerprint density at radius 1 is 1.62 bits per heavy atom. The van der Waals surface area contributed by atoms with Gasteiger partial charge in [0.1, 0.15) is 0 Å². The van der Waals surface area contributed by atoms with E-state index < -0.39 is 26.3 Å². The highest BCUT2D eigenvalue weighted by Crippen LogP contribution is 2.30. The van der Waals surface area contributed by atoms with Crippen LogP contribution in [0.5, 0.6) is 0 Å². The van der Waals surface area contributed by atoms with Crippen LogP contribution in [0.2, 0.25) is 0 Å². The molecule has 1 aliphatic carbocycles. The maximum absolute atomic E-state index is 10.8. The highest BCUT2D eigenvalue weighted by atomic mass is 35.5. The van der Waals surface area contributed by atoms with E-state index in [4.69, 9.17) is 16.2 Å². The molecule has 1 rings (SSSR count). The van der Waals surface area contributed by atoms with Gasteiger partial charge in [-0.25, -0.2) is 4.21 Å². The molecular formula is C6H6ClNO4S. The van der Waals surface area contributed by atoms with E-state index in [1.165, 1.54) is 18.2 Å². The van der Waals surface area contributed by atoms with Gasteiger partial charge in [-0.2, -0.15) is 0 Å². The maximum atomic E-state index is 10.8. The molecule has 3 atom stereocenters. The second kappa shape index (κ2) is 3.57. The largest absolute Gasteiger partial charge is 0.304 e. The summed E-state index contributed by atoms with van der Waals surface area (Å²) in [6, 6.07) is -1.37. The first-order valence-electron chi connectivity index (χ1n) is 3.28. The molecule has 13 heavy (non-hydrogen) atoms. The molecule has 0 heterocycles. The molecule has 0 spiro atoms. The zero-order valence-corrected chi connectivity index (χ0v) is 7.86. The summed E-state index contributed by atoms with van der Waals surface area (Å²) in [5, 5.41) is 10.5. The van der Waals surface area contributed by atoms with Crippen LogP contribution in [-0.4, -0.2) is 23.9 Å². The average Bonchev–Trinajstić information content (AvgIpc) is 2.04. The Kier molecular flexibility index (Phi) is 2.84. The van der Waals surface area contributed by atoms with Crippen molar-refractivity contribution in [3.05, 3.63) is 34.4 Å². The van der Waals surface area contributed by atoms with Crippen molar-refractivity contribution in [2.75, 3.05) is 0 Å². The van der Waals surface area contributed by atoms with E-state index in [1.54, 1.807) is 0 Å². The number of allylic oxidation sites excluding steroid dienone is 2. The van der Waals surface area contributed by atoms with Crippen LogP contribution in [0.4, 0.5) is 0 Å². The van der Waals surface area contributed by atoms with E-state index in [1.807, 2.05) is 0 Å². The predicted molar refractivity (Wildman–Crippen MR) is 48.4 cm³/mol. The van der Waals surface area contributed by atoms with Crippen molar-refractivity contribution in [3.8, 4) is 0 Å². The van der Waals surface area contributed by atoms with Crippen LogP contribution in [-0.2, 0) is 11.1 Å². The Hall–Kier alpha value is -0.720. The molecular weight excluding hydrogens is 218 g/mol. The summed E-state index contributed by atoms with van der Waals surface area (Å²) in [6.07, 6.45) is 5.15. The van der Waals surface area contributed by atoms with Gasteiger partial charge in [0.05, 0.1) is 0 Å². The molecule has 0 aromatic carbocycles. The lowest BCUT2D eigenvalue weighted by molar-refractivity contribution is -0.509. The second-order valence-corrected chi connectivity index (χ2v) is 4.44. The zero-order valence-electron chi connectivity index (χ0n) is 6.29. The van der Waals surface area contributed by atoms with Gasteiger partial charge in [-0.3, -0.25) is 10.1 Å². The average molecular weight is 224 g/mol. The molecule has 0 amide bonds. The third kappa shape index (κ3) is 1.79. The van der Waals surface area contributed by atoms with Crippen LogP contribution >= 0.6 is 11.6 Å². The molecule has 0 aromatic rings. The van der Waals surface area contributed by atoms with Crippen molar-refractivity contribution in [3.63, 3.8) is 0 Å². The fourth-order valence-corrected chi connectivity index (χ4v) is 1.75. The molecule has 0 fully saturated rings. The van der Waals surface area contributed by atoms with Gasteiger partial charge in [-0.15, -0.1) is 0 Å². The van der Waals surface area contributed by atoms with E-state index in [-0.39, 0.29) is 0 Å². The molecule has 0 bridgehead atoms. The van der Waals surface area contributed by atoms with Gasteiger partial charge >= 0.3 is 0 Å². The van der Waals surface area contributed by atoms with Crippen molar-refractivity contribution < 1.29 is 13.7 Å². The van der Waals surface area contributed by atoms with E-state index in [2.05, 4.69) is 0 Å². The normalized spacial score (nSPS) is 34.5. The molecule has 7 heteroatoms. The van der Waals surface area contributed by atoms with Gasteiger partial charge in [0, 0.05) is 4.92 Å². The second-order valence-electron chi connectivity index (χ2n) is 2.42. The molecule has 1 aliphatic rings. The monoisotopic (exact) mass is 223 g/mol. The van der Waals surface area contributed by atoms with Crippen LogP contribution in [0, 0.1) is 10.1 Å². The van der Waals surface area contributed by atoms with E-state index in [9.17, 15) is 14.3 Å². The third-order valence-corrected chi connectivity index (χ3v) is 3.28. The number of rotatable bonds is 2. The first kappa shape index (κ1) is 10.4. The minimum atomic E-state index is -2.48. The summed E-state index contributed by atoms with van der Waals surface area (Å²) in [6.45, 7) is 0. The molecule has 0 saturated heterocycles. The number of hydrogen-bond acceptors (Lipinski definition) is 3. The van der Waals surface area contributed by atoms with Gasteiger partial charge in [0.15, 0.2) is 11.1 Å². The zero-order chi connectivity index (χ0) is 10.1. The standard InChI is InChI=1S/C6H6ClNO4S/c7-6(13(11)12)4-2-1-3-5(6)8(9)10/h1-5H,(H,11,12). The van der Waals surface area contributed by atoms with Crippen molar-refractivity contribution in [2.45, 2.75) is 10.2 Å². The molecule has 72 valence electrons. The van der Waals surface area contributed by atoms with Gasteiger partial charge in [0.2, 0.25) is 4.21 Å². The molecule has 3 unspecified atom stereocenters. The van der Waals surface area contributed by atoms with Crippen molar-refractivity contribution in [2.24, 2.45) is 0 Å². The number of halogens is 1. The van der Waals surface area contributed by atoms with Crippen LogP contribution in [0.3, 0.4) is 0 Å². The Morgan fingerprint density at radius 3 is 2.62 bits per heavy atom. The third-order valence-electron chi connectivity index (χ3n) is 1.63. The lowest BCUT2D eigenvalue weighted by atomic mass is 10.1. The Morgan fingerprint density at radius 2 is 2.23 bits per heavy atom. The summed E-state index contributed by atoms with van der Waals surface area (Å²) in [7, 11) is 0. The first-order valence-corrected chi connectivity index (χ1v) is 4.76. The molecule has 0 aromatic heterocycles. The number of hydrogen-bond donors (Lipinski definition) is 1. The molecule has 5 nitrogen and oxygen atoms in total. The van der Waals surface area contributed by atoms with Gasteiger partial charge in [-0.1, -0.05) is 23.8 Å². The van der Waals surface area contributed by atoms with E-state index in [0.29, 0.717) is 0 Å². The van der Waals surface area contributed by atoms with Crippen molar-refractivity contribution in [1.29, 1.82) is 0 Å². The van der Waals surface area contributed by atoms with Crippen LogP contribution in [0.1, 0.15) is 0 Å². The molecule has 0 aliphatic heterocycles. The number of alkyl halides is 1. The topological polar surface area (TPSA) is 80.4 Å². The van der Waals surface area contributed by atoms with Crippen molar-refractivity contribution >= 4 is 22.7 Å². The highest BCUT2D eigenvalue weighted by Gasteiger charge is 2.48. The first-order chi connectivity index (χ1) is 5.98. The predicted octanol–water partition coefficient (Wildman–Crippen LogP) is 0.914. The van der Waals surface area contributed by atoms with Crippen LogP contribution in [0.25, 0.3) is 0 Å². The summed E-state index contributed by atoms with van der Waals surface area (Å²) >= 11 is 3.16. The number of nitro groups is 1. The van der Waals surface area contributed by atoms with Crippen LogP contribution in [0.15, 0.2) is 24.3 Å². The van der Waals surface area contributed by atoms with Crippen molar-refractivity contribution in [1.82, 2.24) is 0 Å². The van der Waals surface area contributed by atoms with E-state index in [0.717, 1.165) is 6.08 Å². The van der Waals surface area contributed by atoms with Gasteiger partial charge in [-0.05, 0) is 12.2 Å². The minimum Gasteiger partial charge on any atom is -0.304 e. The molecule has 0 saturated carbocycles. The Bertz CT molecular complexity index is 316. The lowest BCUT2D eigenvalue weighted by Gasteiger charge is -2.22. The fourth-order valence-electron chi connectivity index (χ4n) is 0.961. The van der Waals surface area contributed by atoms with Crippen LogP contribution < -0.4 is 0 Å². The summed E-state index contributed by atoms with van der Waals surface area (Å²) in [4.78, 5) is 9.77. The SMILES string of the molecule is O=[N+]([O-])C1C=CC=CC1(Cl)S(=O)O. The Labute approximate surface area is 81.5 Å². The Balaban J connectivity index is 3.07. The molecule has 0 radical (unpaired) electrons. The summed E-state index contributed by atoms with van der Waals surface area (Å²) in [5.74, 6) is 0. The smallest absolute Gasteiger partial charge is 0.268 e. The summed E-state index contributed by atoms with van der Waals surface area (Å²) < 4.78 is 17.7. The number of nitrogens with zero attached hydrogens (tertiary/aromatic N) is 1. The highest BCUT2D eigenvalue weighted by molar-refractivity contribution is 7.82. The fraction of sp³-hybridized carbons (Fsp3) is 0.333. The van der Waals surface area contributed by atoms with Gasteiger partial charge < -0.3 is 4.55 Å². The summed E-state index contributed by atoms with van der Waals surface area (Å²) in [5.41, 5.74) is 0. The quantitative estimate of drug-likeness (QED) is 0.327. The molecule has 1 N–H and O–H groups in total. The minimum absolute atomic E-state index is 0.693. The van der Waals surface area contributed by atoms with Gasteiger partial charge in [0.25, 0.3) is 6.04 Å². The lowest BCUT2D eigenvalue weighted by Crippen LogP contribution is -2.43. The van der Waals surface area contributed by atoms with E-state index >= 15 is 0 Å².